The molecule has 0 fully saturated rings. The minimum atomic E-state index is -0.506. The van der Waals surface area contributed by atoms with Crippen LogP contribution in [0.25, 0.3) is 0 Å². The van der Waals surface area contributed by atoms with E-state index in [0.717, 1.165) is 5.56 Å². The van der Waals surface area contributed by atoms with Crippen molar-refractivity contribution in [3.05, 3.63) is 59.0 Å². The molecule has 0 saturated carbocycles. The Labute approximate surface area is 136 Å². The molecule has 0 bridgehead atoms. The molecule has 5 nitrogen and oxygen atoms in total. The van der Waals surface area contributed by atoms with Crippen LogP contribution < -0.4 is 5.32 Å². The molecular formula is C18H23NO4. The minimum Gasteiger partial charge on any atom is -0.465 e. The first-order chi connectivity index (χ1) is 11.0. The van der Waals surface area contributed by atoms with Crippen LogP contribution in [0.1, 0.15) is 34.4 Å². The summed E-state index contributed by atoms with van der Waals surface area (Å²) in [4.78, 5) is 11.6. The second kappa shape index (κ2) is 7.94. The molecule has 0 amide bonds. The molecular weight excluding hydrogens is 294 g/mol. The van der Waals surface area contributed by atoms with Gasteiger partial charge in [0.05, 0.1) is 19.8 Å². The Morgan fingerprint density at radius 1 is 1.35 bits per heavy atom. The van der Waals surface area contributed by atoms with E-state index in [-0.39, 0.29) is 6.04 Å². The Morgan fingerprint density at radius 2 is 2.04 bits per heavy atom. The Bertz CT molecular complexity index is 636. The van der Waals surface area contributed by atoms with E-state index in [1.165, 1.54) is 7.11 Å². The van der Waals surface area contributed by atoms with Crippen molar-refractivity contribution in [2.24, 2.45) is 0 Å². The third-order valence-electron chi connectivity index (χ3n) is 3.84. The van der Waals surface area contributed by atoms with E-state index in [9.17, 15) is 9.90 Å². The Morgan fingerprint density at radius 3 is 2.70 bits per heavy atom. The summed E-state index contributed by atoms with van der Waals surface area (Å²) in [7, 11) is 1.34. The van der Waals surface area contributed by atoms with Crippen LogP contribution in [0.4, 0.5) is 0 Å². The van der Waals surface area contributed by atoms with Gasteiger partial charge < -0.3 is 19.6 Å². The zero-order valence-corrected chi connectivity index (χ0v) is 13.7. The van der Waals surface area contributed by atoms with E-state index in [4.69, 9.17) is 9.15 Å². The molecule has 2 atom stereocenters. The smallest absolute Gasteiger partial charge is 0.341 e. The van der Waals surface area contributed by atoms with Crippen molar-refractivity contribution in [1.82, 2.24) is 5.32 Å². The number of furan rings is 1. The zero-order chi connectivity index (χ0) is 16.8. The number of hydrogen-bond donors (Lipinski definition) is 2. The van der Waals surface area contributed by atoms with Crippen molar-refractivity contribution in [1.29, 1.82) is 0 Å². The van der Waals surface area contributed by atoms with Crippen LogP contribution in [0, 0.1) is 6.92 Å². The van der Waals surface area contributed by atoms with Gasteiger partial charge in [0.25, 0.3) is 0 Å². The van der Waals surface area contributed by atoms with Gasteiger partial charge in [-0.15, -0.1) is 0 Å². The predicted octanol–water partition coefficient (Wildman–Crippen LogP) is 2.46. The van der Waals surface area contributed by atoms with E-state index < -0.39 is 12.1 Å². The number of aryl methyl sites for hydroxylation is 1. The third kappa shape index (κ3) is 4.68. The average molecular weight is 317 g/mol. The lowest BCUT2D eigenvalue weighted by Crippen LogP contribution is -2.38. The summed E-state index contributed by atoms with van der Waals surface area (Å²) in [6.07, 6.45) is 0.0770. The van der Waals surface area contributed by atoms with E-state index in [1.807, 2.05) is 37.3 Å². The highest BCUT2D eigenvalue weighted by molar-refractivity contribution is 5.90. The summed E-state index contributed by atoms with van der Waals surface area (Å²) in [6.45, 7) is 4.08. The van der Waals surface area contributed by atoms with Crippen LogP contribution in [0.2, 0.25) is 0 Å². The largest absolute Gasteiger partial charge is 0.465 e. The topological polar surface area (TPSA) is 71.7 Å². The highest BCUT2D eigenvalue weighted by Gasteiger charge is 2.18. The Kier molecular flexibility index (Phi) is 5.96. The van der Waals surface area contributed by atoms with Crippen LogP contribution in [-0.4, -0.2) is 30.3 Å². The van der Waals surface area contributed by atoms with Crippen LogP contribution in [0.3, 0.4) is 0 Å². The van der Waals surface area contributed by atoms with Gasteiger partial charge in [-0.3, -0.25) is 0 Å². The maximum atomic E-state index is 11.6. The number of rotatable bonds is 7. The van der Waals surface area contributed by atoms with Gasteiger partial charge in [-0.1, -0.05) is 30.3 Å². The molecule has 0 aliphatic heterocycles. The summed E-state index contributed by atoms with van der Waals surface area (Å²) >= 11 is 0. The first-order valence-corrected chi connectivity index (χ1v) is 7.64. The Balaban J connectivity index is 1.88. The fourth-order valence-electron chi connectivity index (χ4n) is 2.37. The van der Waals surface area contributed by atoms with Crippen molar-refractivity contribution < 1.29 is 19.1 Å². The van der Waals surface area contributed by atoms with Gasteiger partial charge in [0.2, 0.25) is 0 Å². The van der Waals surface area contributed by atoms with Crippen molar-refractivity contribution >= 4 is 5.97 Å². The number of aliphatic hydroxyl groups excluding tert-OH is 1. The predicted molar refractivity (Wildman–Crippen MR) is 87.2 cm³/mol. The summed E-state index contributed by atoms with van der Waals surface area (Å²) in [5.74, 6) is 0.766. The van der Waals surface area contributed by atoms with Gasteiger partial charge in [-0.05, 0) is 31.9 Å². The zero-order valence-electron chi connectivity index (χ0n) is 13.7. The lowest BCUT2D eigenvalue weighted by Gasteiger charge is -2.19. The van der Waals surface area contributed by atoms with Crippen molar-refractivity contribution in [2.45, 2.75) is 39.0 Å². The number of aliphatic hydroxyl groups is 1. The number of methoxy groups -OCH3 is 1. The summed E-state index contributed by atoms with van der Waals surface area (Å²) in [5.41, 5.74) is 1.53. The second-order valence-corrected chi connectivity index (χ2v) is 5.60. The van der Waals surface area contributed by atoms with Crippen LogP contribution in [0.5, 0.6) is 0 Å². The molecule has 2 unspecified atom stereocenters. The van der Waals surface area contributed by atoms with Crippen molar-refractivity contribution in [3.8, 4) is 0 Å². The molecule has 0 radical (unpaired) electrons. The summed E-state index contributed by atoms with van der Waals surface area (Å²) in [6, 6.07) is 11.4. The maximum Gasteiger partial charge on any atom is 0.341 e. The fraction of sp³-hybridized carbons (Fsp3) is 0.389. The van der Waals surface area contributed by atoms with E-state index >= 15 is 0 Å². The average Bonchev–Trinajstić information content (AvgIpc) is 2.93. The fourth-order valence-corrected chi connectivity index (χ4v) is 2.37. The lowest BCUT2D eigenvalue weighted by atomic mass is 10.0. The number of hydrogen-bond acceptors (Lipinski definition) is 5. The highest BCUT2D eigenvalue weighted by Crippen LogP contribution is 2.16. The van der Waals surface area contributed by atoms with Gasteiger partial charge >= 0.3 is 5.97 Å². The van der Waals surface area contributed by atoms with E-state index in [1.54, 1.807) is 13.0 Å². The van der Waals surface area contributed by atoms with Crippen LogP contribution in [0.15, 0.2) is 40.8 Å². The van der Waals surface area contributed by atoms with Gasteiger partial charge in [0.15, 0.2) is 0 Å². The van der Waals surface area contributed by atoms with Crippen LogP contribution in [-0.2, 0) is 17.7 Å². The Hall–Kier alpha value is -2.11. The number of carbonyl (C=O) groups excluding carboxylic acids is 1. The first-order valence-electron chi connectivity index (χ1n) is 7.64. The molecule has 0 spiro atoms. The summed E-state index contributed by atoms with van der Waals surface area (Å²) < 4.78 is 10.2. The molecule has 23 heavy (non-hydrogen) atoms. The number of esters is 1. The number of nitrogens with one attached hydrogen (secondary N) is 1. The third-order valence-corrected chi connectivity index (χ3v) is 3.84. The molecule has 0 aliphatic rings. The van der Waals surface area contributed by atoms with Gasteiger partial charge in [0, 0.05) is 6.04 Å². The monoisotopic (exact) mass is 317 g/mol. The van der Waals surface area contributed by atoms with E-state index in [2.05, 4.69) is 5.32 Å². The lowest BCUT2D eigenvalue weighted by molar-refractivity contribution is 0.0599. The van der Waals surface area contributed by atoms with Crippen molar-refractivity contribution in [2.75, 3.05) is 7.11 Å². The molecule has 0 saturated heterocycles. The van der Waals surface area contributed by atoms with Gasteiger partial charge in [-0.2, -0.15) is 0 Å². The highest BCUT2D eigenvalue weighted by atomic mass is 16.5. The SMILES string of the molecule is COC(=O)c1cc(CNC(C)C(O)Cc2ccccc2)oc1C. The number of carbonyl (C=O) groups is 1. The standard InChI is InChI=1S/C18H23NO4/c1-12(17(20)9-14-7-5-4-6-8-14)19-11-15-10-16(13(2)23-15)18(21)22-3/h4-8,10,12,17,19-20H,9,11H2,1-3H3. The normalized spacial score (nSPS) is 13.6. The molecule has 1 aromatic heterocycles. The molecule has 5 heteroatoms. The quantitative estimate of drug-likeness (QED) is 0.768. The van der Waals surface area contributed by atoms with E-state index in [0.29, 0.717) is 30.0 Å². The molecule has 2 N–H and O–H groups in total. The second-order valence-electron chi connectivity index (χ2n) is 5.60. The molecule has 124 valence electrons. The molecule has 1 heterocycles. The first kappa shape index (κ1) is 17.2. The number of benzene rings is 1. The number of ether oxygens (including phenoxy) is 1. The molecule has 2 rings (SSSR count). The minimum absolute atomic E-state index is 0.109. The van der Waals surface area contributed by atoms with Crippen molar-refractivity contribution in [3.63, 3.8) is 0 Å². The summed E-state index contributed by atoms with van der Waals surface area (Å²) in [5, 5.41) is 13.5. The molecule has 1 aromatic carbocycles. The molecule has 0 aliphatic carbocycles. The van der Waals surface area contributed by atoms with Gasteiger partial charge in [0.1, 0.15) is 17.1 Å². The van der Waals surface area contributed by atoms with Gasteiger partial charge in [-0.25, -0.2) is 4.79 Å². The molecule has 2 aromatic rings. The maximum absolute atomic E-state index is 11.6. The van der Waals surface area contributed by atoms with Crippen LogP contribution >= 0.6 is 0 Å².